The Morgan fingerprint density at radius 1 is 1.44 bits per heavy atom. The summed E-state index contributed by atoms with van der Waals surface area (Å²) in [7, 11) is 1.74. The number of nitrogens with two attached hydrogens (primary N) is 1. The van der Waals surface area contributed by atoms with Gasteiger partial charge in [-0.2, -0.15) is 0 Å². The Bertz CT molecular complexity index is 244. The zero-order valence-corrected chi connectivity index (χ0v) is 11.7. The van der Waals surface area contributed by atoms with Gasteiger partial charge in [0, 0.05) is 26.1 Å². The minimum atomic E-state index is -0.0753. The Hall–Kier alpha value is -0.650. The summed E-state index contributed by atoms with van der Waals surface area (Å²) in [6.07, 6.45) is 5.17. The summed E-state index contributed by atoms with van der Waals surface area (Å²) in [6, 6.07) is 0.642. The molecule has 1 saturated carbocycles. The van der Waals surface area contributed by atoms with E-state index in [2.05, 4.69) is 17.2 Å². The van der Waals surface area contributed by atoms with Gasteiger partial charge in [0.15, 0.2) is 0 Å². The summed E-state index contributed by atoms with van der Waals surface area (Å²) >= 11 is 0. The van der Waals surface area contributed by atoms with E-state index in [4.69, 9.17) is 10.6 Å². The Kier molecular flexibility index (Phi) is 7.23. The first-order valence-electron chi connectivity index (χ1n) is 6.91. The van der Waals surface area contributed by atoms with E-state index >= 15 is 0 Å². The molecule has 0 aromatic rings. The van der Waals surface area contributed by atoms with Gasteiger partial charge in [0.2, 0.25) is 5.91 Å². The van der Waals surface area contributed by atoms with Crippen LogP contribution in [0.2, 0.25) is 0 Å². The molecular formula is C13H27N3O2. The maximum Gasteiger partial charge on any atom is 0.233 e. The molecule has 0 aliphatic heterocycles. The van der Waals surface area contributed by atoms with Crippen LogP contribution in [0.5, 0.6) is 0 Å². The van der Waals surface area contributed by atoms with Crippen molar-refractivity contribution in [1.82, 2.24) is 10.3 Å². The largest absolute Gasteiger partial charge is 0.383 e. The third-order valence-corrected chi connectivity index (χ3v) is 3.72. The molecule has 0 bridgehead atoms. The number of carbonyl (C=O) groups is 1. The number of hydrogen-bond donors (Lipinski definition) is 2. The van der Waals surface area contributed by atoms with Crippen LogP contribution in [-0.2, 0) is 9.53 Å². The highest BCUT2D eigenvalue weighted by Crippen LogP contribution is 2.35. The van der Waals surface area contributed by atoms with Crippen LogP contribution >= 0.6 is 0 Å². The highest BCUT2D eigenvalue weighted by Gasteiger charge is 2.31. The molecule has 0 aromatic carbocycles. The van der Waals surface area contributed by atoms with Crippen molar-refractivity contribution in [3.63, 3.8) is 0 Å². The van der Waals surface area contributed by atoms with Crippen molar-refractivity contribution in [2.24, 2.45) is 11.8 Å². The second-order valence-electron chi connectivity index (χ2n) is 5.13. The van der Waals surface area contributed by atoms with Crippen molar-refractivity contribution in [2.75, 3.05) is 26.8 Å². The first-order valence-corrected chi connectivity index (χ1v) is 6.91. The average Bonchev–Trinajstić information content (AvgIpc) is 3.21. The van der Waals surface area contributed by atoms with Gasteiger partial charge in [0.25, 0.3) is 0 Å². The average molecular weight is 257 g/mol. The number of carbonyl (C=O) groups excluding carboxylic acids is 1. The lowest BCUT2D eigenvalue weighted by Gasteiger charge is -2.29. The number of ether oxygens (including phenoxy) is 1. The summed E-state index contributed by atoms with van der Waals surface area (Å²) in [5.41, 5.74) is 2.17. The Balaban J connectivity index is 2.20. The van der Waals surface area contributed by atoms with E-state index < -0.39 is 0 Å². The van der Waals surface area contributed by atoms with Crippen molar-refractivity contribution >= 4 is 5.91 Å². The molecule has 18 heavy (non-hydrogen) atoms. The predicted octanol–water partition coefficient (Wildman–Crippen LogP) is 0.894. The van der Waals surface area contributed by atoms with E-state index in [1.807, 2.05) is 0 Å². The van der Waals surface area contributed by atoms with E-state index in [0.717, 1.165) is 38.5 Å². The van der Waals surface area contributed by atoms with Crippen LogP contribution in [0.15, 0.2) is 0 Å². The van der Waals surface area contributed by atoms with Crippen molar-refractivity contribution in [2.45, 2.75) is 45.1 Å². The maximum atomic E-state index is 11.0. The van der Waals surface area contributed by atoms with Gasteiger partial charge < -0.3 is 4.74 Å². The molecule has 1 aliphatic rings. The molecule has 1 unspecified atom stereocenters. The van der Waals surface area contributed by atoms with Crippen LogP contribution in [0.1, 0.15) is 39.0 Å². The number of nitrogens with zero attached hydrogens (tertiary/aromatic N) is 1. The van der Waals surface area contributed by atoms with Gasteiger partial charge in [0.05, 0.1) is 6.61 Å². The maximum absolute atomic E-state index is 11.0. The molecule has 1 aliphatic carbocycles. The quantitative estimate of drug-likeness (QED) is 0.264. The molecule has 0 heterocycles. The van der Waals surface area contributed by atoms with E-state index in [0.29, 0.717) is 12.5 Å². The Morgan fingerprint density at radius 3 is 2.72 bits per heavy atom. The van der Waals surface area contributed by atoms with Crippen LogP contribution in [0.3, 0.4) is 0 Å². The minimum absolute atomic E-state index is 0.0753. The number of unbranched alkanes of at least 4 members (excludes halogenated alkanes) is 1. The Morgan fingerprint density at radius 2 is 2.17 bits per heavy atom. The van der Waals surface area contributed by atoms with Crippen LogP contribution in [0, 0.1) is 5.92 Å². The molecule has 0 radical (unpaired) electrons. The van der Waals surface area contributed by atoms with Crippen LogP contribution in [-0.4, -0.2) is 43.7 Å². The van der Waals surface area contributed by atoms with Crippen molar-refractivity contribution in [1.29, 1.82) is 0 Å². The normalized spacial score (nSPS) is 16.9. The Labute approximate surface area is 110 Å². The molecule has 1 amide bonds. The van der Waals surface area contributed by atoms with Gasteiger partial charge in [-0.25, -0.2) is 5.84 Å². The lowest BCUT2D eigenvalue weighted by atomic mass is 10.1. The number of hydrazine groups is 1. The smallest absolute Gasteiger partial charge is 0.233 e. The molecular weight excluding hydrogens is 230 g/mol. The van der Waals surface area contributed by atoms with Crippen LogP contribution in [0.25, 0.3) is 0 Å². The predicted molar refractivity (Wildman–Crippen MR) is 71.8 cm³/mol. The summed E-state index contributed by atoms with van der Waals surface area (Å²) < 4.78 is 5.16. The molecule has 0 saturated heterocycles. The van der Waals surface area contributed by atoms with Crippen molar-refractivity contribution < 1.29 is 9.53 Å². The van der Waals surface area contributed by atoms with Gasteiger partial charge in [0.1, 0.15) is 0 Å². The number of methoxy groups -OCH3 is 1. The molecule has 5 heteroatoms. The molecule has 106 valence electrons. The lowest BCUT2D eigenvalue weighted by Crippen LogP contribution is -2.38. The SMILES string of the molecule is COCCN(CCCCC(=O)NN)C(C)C1CC1. The summed E-state index contributed by atoms with van der Waals surface area (Å²) in [6.45, 7) is 5.11. The topological polar surface area (TPSA) is 67.6 Å². The van der Waals surface area contributed by atoms with Crippen molar-refractivity contribution in [3.05, 3.63) is 0 Å². The summed E-state index contributed by atoms with van der Waals surface area (Å²) in [5.74, 6) is 5.84. The number of hydrogen-bond acceptors (Lipinski definition) is 4. The second kappa shape index (κ2) is 8.45. The molecule has 5 nitrogen and oxygen atoms in total. The molecule has 3 N–H and O–H groups in total. The lowest BCUT2D eigenvalue weighted by molar-refractivity contribution is -0.121. The van der Waals surface area contributed by atoms with Crippen LogP contribution in [0.4, 0.5) is 0 Å². The van der Waals surface area contributed by atoms with Gasteiger partial charge in [-0.1, -0.05) is 0 Å². The second-order valence-corrected chi connectivity index (χ2v) is 5.13. The van der Waals surface area contributed by atoms with E-state index in [9.17, 15) is 4.79 Å². The van der Waals surface area contributed by atoms with E-state index in [1.165, 1.54) is 12.8 Å². The minimum Gasteiger partial charge on any atom is -0.383 e. The number of rotatable bonds is 10. The standard InChI is InChI=1S/C13H27N3O2/c1-11(12-6-7-12)16(9-10-18-2)8-4-3-5-13(17)15-14/h11-12H,3-10,14H2,1-2H3,(H,15,17). The van der Waals surface area contributed by atoms with Crippen LogP contribution < -0.4 is 11.3 Å². The molecule has 0 aromatic heterocycles. The third-order valence-electron chi connectivity index (χ3n) is 3.72. The van der Waals surface area contributed by atoms with E-state index in [1.54, 1.807) is 7.11 Å². The molecule has 0 spiro atoms. The van der Waals surface area contributed by atoms with Gasteiger partial charge in [-0.15, -0.1) is 0 Å². The van der Waals surface area contributed by atoms with E-state index in [-0.39, 0.29) is 5.91 Å². The zero-order valence-electron chi connectivity index (χ0n) is 11.7. The van der Waals surface area contributed by atoms with Gasteiger partial charge >= 0.3 is 0 Å². The monoisotopic (exact) mass is 257 g/mol. The first kappa shape index (κ1) is 15.4. The van der Waals surface area contributed by atoms with Gasteiger partial charge in [-0.05, 0) is 45.1 Å². The highest BCUT2D eigenvalue weighted by atomic mass is 16.5. The van der Waals surface area contributed by atoms with Crippen molar-refractivity contribution in [3.8, 4) is 0 Å². The summed E-state index contributed by atoms with van der Waals surface area (Å²) in [5, 5.41) is 0. The number of nitrogens with one attached hydrogen (secondary N) is 1. The fraction of sp³-hybridized carbons (Fsp3) is 0.923. The molecule has 1 fully saturated rings. The number of amides is 1. The summed E-state index contributed by atoms with van der Waals surface area (Å²) in [4.78, 5) is 13.5. The highest BCUT2D eigenvalue weighted by molar-refractivity contribution is 5.75. The fourth-order valence-corrected chi connectivity index (χ4v) is 2.28. The fourth-order valence-electron chi connectivity index (χ4n) is 2.28. The molecule has 1 rings (SSSR count). The zero-order chi connectivity index (χ0) is 13.4. The first-order chi connectivity index (χ1) is 8.69. The van der Waals surface area contributed by atoms with Gasteiger partial charge in [-0.3, -0.25) is 15.1 Å². The molecule has 1 atom stereocenters. The third kappa shape index (κ3) is 5.80.